The summed E-state index contributed by atoms with van der Waals surface area (Å²) in [4.78, 5) is 17.9. The summed E-state index contributed by atoms with van der Waals surface area (Å²) < 4.78 is 34.2. The number of ether oxygens (including phenoxy) is 1. The SMILES string of the molecule is COC(=O)[C@H](N=C(c1ccccc1)c1ccccc1)[C@H](NS(=O)(=O)c1ccc(C)cc1)C(C)C. The monoisotopic (exact) mass is 478 g/mol. The maximum absolute atomic E-state index is 13.2. The summed E-state index contributed by atoms with van der Waals surface area (Å²) >= 11 is 0. The molecule has 0 amide bonds. The molecule has 3 rings (SSSR count). The Bertz CT molecular complexity index is 1180. The third-order valence-corrected chi connectivity index (χ3v) is 6.96. The van der Waals surface area contributed by atoms with Crippen molar-refractivity contribution in [3.8, 4) is 0 Å². The Morgan fingerprint density at radius 2 is 1.35 bits per heavy atom. The molecule has 0 aliphatic rings. The molecule has 0 heterocycles. The molecule has 0 spiro atoms. The van der Waals surface area contributed by atoms with Gasteiger partial charge in [0, 0.05) is 11.1 Å². The van der Waals surface area contributed by atoms with Gasteiger partial charge in [-0.15, -0.1) is 0 Å². The molecule has 1 N–H and O–H groups in total. The third kappa shape index (κ3) is 6.18. The van der Waals surface area contributed by atoms with E-state index in [-0.39, 0.29) is 10.8 Å². The van der Waals surface area contributed by atoms with Crippen molar-refractivity contribution in [2.24, 2.45) is 10.9 Å². The van der Waals surface area contributed by atoms with E-state index in [1.54, 1.807) is 24.3 Å². The molecule has 0 saturated carbocycles. The molecule has 3 aromatic carbocycles. The first kappa shape index (κ1) is 25.3. The zero-order chi connectivity index (χ0) is 24.7. The largest absolute Gasteiger partial charge is 0.467 e. The fraction of sp³-hybridized carbons (Fsp3) is 0.259. The second kappa shape index (κ2) is 11.2. The van der Waals surface area contributed by atoms with E-state index in [4.69, 9.17) is 9.73 Å². The average Bonchev–Trinajstić information content (AvgIpc) is 2.84. The van der Waals surface area contributed by atoms with Gasteiger partial charge in [0.2, 0.25) is 10.0 Å². The summed E-state index contributed by atoms with van der Waals surface area (Å²) in [6.45, 7) is 5.58. The van der Waals surface area contributed by atoms with E-state index < -0.39 is 28.1 Å². The van der Waals surface area contributed by atoms with Crippen LogP contribution in [0.3, 0.4) is 0 Å². The maximum atomic E-state index is 13.2. The molecule has 0 saturated heterocycles. The van der Waals surface area contributed by atoms with Gasteiger partial charge in [0.15, 0.2) is 6.04 Å². The first-order chi connectivity index (χ1) is 16.2. The second-order valence-electron chi connectivity index (χ2n) is 8.38. The predicted octanol–water partition coefficient (Wildman–Crippen LogP) is 4.38. The number of rotatable bonds is 9. The van der Waals surface area contributed by atoms with Gasteiger partial charge in [0.1, 0.15) is 0 Å². The minimum absolute atomic E-state index is 0.127. The molecule has 0 aliphatic heterocycles. The summed E-state index contributed by atoms with van der Waals surface area (Å²) in [5, 5.41) is 0. The Morgan fingerprint density at radius 1 is 0.853 bits per heavy atom. The lowest BCUT2D eigenvalue weighted by Gasteiger charge is -2.27. The number of esters is 1. The number of sulfonamides is 1. The van der Waals surface area contributed by atoms with Crippen molar-refractivity contribution in [1.29, 1.82) is 0 Å². The highest BCUT2D eigenvalue weighted by Crippen LogP contribution is 2.20. The van der Waals surface area contributed by atoms with E-state index >= 15 is 0 Å². The van der Waals surface area contributed by atoms with Crippen LogP contribution in [0.1, 0.15) is 30.5 Å². The quantitative estimate of drug-likeness (QED) is 0.365. The van der Waals surface area contributed by atoms with Crippen molar-refractivity contribution in [1.82, 2.24) is 4.72 Å². The number of nitrogens with one attached hydrogen (secondary N) is 1. The lowest BCUT2D eigenvalue weighted by Crippen LogP contribution is -2.49. The van der Waals surface area contributed by atoms with Crippen LogP contribution in [0.4, 0.5) is 0 Å². The zero-order valence-electron chi connectivity index (χ0n) is 19.8. The molecule has 0 aromatic heterocycles. The van der Waals surface area contributed by atoms with Crippen molar-refractivity contribution in [2.45, 2.75) is 37.8 Å². The minimum Gasteiger partial charge on any atom is -0.467 e. The fourth-order valence-corrected chi connectivity index (χ4v) is 4.97. The number of benzene rings is 3. The van der Waals surface area contributed by atoms with Gasteiger partial charge in [-0.2, -0.15) is 0 Å². The summed E-state index contributed by atoms with van der Waals surface area (Å²) in [5.41, 5.74) is 3.15. The number of nitrogens with zero attached hydrogens (tertiary/aromatic N) is 1. The van der Waals surface area contributed by atoms with Crippen LogP contribution in [-0.4, -0.2) is 39.3 Å². The lowest BCUT2D eigenvalue weighted by atomic mass is 9.96. The highest BCUT2D eigenvalue weighted by atomic mass is 32.2. The number of aliphatic imine (C=N–C) groups is 1. The van der Waals surface area contributed by atoms with Crippen molar-refractivity contribution in [2.75, 3.05) is 7.11 Å². The first-order valence-corrected chi connectivity index (χ1v) is 12.6. The number of methoxy groups -OCH3 is 1. The van der Waals surface area contributed by atoms with Crippen LogP contribution in [0.15, 0.2) is 94.8 Å². The number of carbonyl (C=O) groups is 1. The van der Waals surface area contributed by atoms with Crippen LogP contribution in [0.2, 0.25) is 0 Å². The molecule has 7 heteroatoms. The van der Waals surface area contributed by atoms with Crippen molar-refractivity contribution >= 4 is 21.7 Å². The van der Waals surface area contributed by atoms with Gasteiger partial charge in [0.25, 0.3) is 0 Å². The van der Waals surface area contributed by atoms with E-state index in [1.165, 1.54) is 7.11 Å². The first-order valence-electron chi connectivity index (χ1n) is 11.1. The van der Waals surface area contributed by atoms with Crippen LogP contribution in [0.5, 0.6) is 0 Å². The summed E-state index contributed by atoms with van der Waals surface area (Å²) in [5.74, 6) is -0.865. The number of hydrogen-bond acceptors (Lipinski definition) is 5. The lowest BCUT2D eigenvalue weighted by molar-refractivity contribution is -0.142. The van der Waals surface area contributed by atoms with Crippen LogP contribution in [0.25, 0.3) is 0 Å². The van der Waals surface area contributed by atoms with Crippen LogP contribution in [-0.2, 0) is 19.6 Å². The second-order valence-corrected chi connectivity index (χ2v) is 10.1. The smallest absolute Gasteiger partial charge is 0.332 e. The van der Waals surface area contributed by atoms with Crippen LogP contribution < -0.4 is 4.72 Å². The maximum Gasteiger partial charge on any atom is 0.332 e. The molecular formula is C27H30N2O4S. The number of carbonyl (C=O) groups excluding carboxylic acids is 1. The Morgan fingerprint density at radius 3 is 1.79 bits per heavy atom. The van der Waals surface area contributed by atoms with Gasteiger partial charge < -0.3 is 4.74 Å². The molecule has 6 nitrogen and oxygen atoms in total. The minimum atomic E-state index is -3.90. The van der Waals surface area contributed by atoms with Crippen LogP contribution in [0, 0.1) is 12.8 Å². The Labute approximate surface area is 201 Å². The number of hydrogen-bond donors (Lipinski definition) is 1. The molecule has 0 fully saturated rings. The highest BCUT2D eigenvalue weighted by Gasteiger charge is 2.35. The third-order valence-electron chi connectivity index (χ3n) is 5.49. The summed E-state index contributed by atoms with van der Waals surface area (Å²) in [6, 6.07) is 23.6. The average molecular weight is 479 g/mol. The highest BCUT2D eigenvalue weighted by molar-refractivity contribution is 7.89. The van der Waals surface area contributed by atoms with Gasteiger partial charge in [-0.1, -0.05) is 92.2 Å². The molecule has 0 aliphatic carbocycles. The fourth-order valence-electron chi connectivity index (χ4n) is 3.58. The van der Waals surface area contributed by atoms with Gasteiger partial charge >= 0.3 is 5.97 Å². The van der Waals surface area contributed by atoms with Crippen molar-refractivity contribution in [3.63, 3.8) is 0 Å². The normalized spacial score (nSPS) is 13.2. The topological polar surface area (TPSA) is 84.8 Å². The van der Waals surface area contributed by atoms with Gasteiger partial charge in [-0.3, -0.25) is 4.99 Å². The Hall–Kier alpha value is -3.29. The Kier molecular flexibility index (Phi) is 8.36. The molecule has 0 unspecified atom stereocenters. The standard InChI is InChI=1S/C27H30N2O4S/c1-19(2)24(29-34(31,32)23-17-15-20(3)16-18-23)26(27(30)33-4)28-25(21-11-7-5-8-12-21)22-13-9-6-10-14-22/h5-19,24,26,29H,1-4H3/t24-,26-/m1/s1. The molecule has 3 aromatic rings. The molecular weight excluding hydrogens is 448 g/mol. The van der Waals surface area contributed by atoms with Crippen molar-refractivity contribution < 1.29 is 17.9 Å². The van der Waals surface area contributed by atoms with Crippen molar-refractivity contribution in [3.05, 3.63) is 102 Å². The zero-order valence-corrected chi connectivity index (χ0v) is 20.6. The van der Waals surface area contributed by atoms with E-state index in [1.807, 2.05) is 81.4 Å². The molecule has 34 heavy (non-hydrogen) atoms. The van der Waals surface area contributed by atoms with E-state index in [9.17, 15) is 13.2 Å². The molecule has 0 bridgehead atoms. The summed E-state index contributed by atoms with van der Waals surface area (Å²) in [7, 11) is -2.62. The van der Waals surface area contributed by atoms with Gasteiger partial charge in [0.05, 0.1) is 23.8 Å². The Balaban J connectivity index is 2.10. The molecule has 2 atom stereocenters. The number of aryl methyl sites for hydroxylation is 1. The predicted molar refractivity (Wildman–Crippen MR) is 134 cm³/mol. The van der Waals surface area contributed by atoms with Crippen LogP contribution >= 0.6 is 0 Å². The molecule has 178 valence electrons. The molecule has 0 radical (unpaired) electrons. The summed E-state index contributed by atoms with van der Waals surface area (Å²) in [6.07, 6.45) is 0. The van der Waals surface area contributed by atoms with E-state index in [0.717, 1.165) is 16.7 Å². The van der Waals surface area contributed by atoms with Gasteiger partial charge in [-0.05, 0) is 25.0 Å². The van der Waals surface area contributed by atoms with E-state index in [2.05, 4.69) is 4.72 Å². The van der Waals surface area contributed by atoms with Gasteiger partial charge in [-0.25, -0.2) is 17.9 Å². The van der Waals surface area contributed by atoms with E-state index in [0.29, 0.717) is 5.71 Å².